The molecule has 1 amide bonds. The highest BCUT2D eigenvalue weighted by molar-refractivity contribution is 8.00. The number of hydrogen-bond acceptors (Lipinski definition) is 2. The van der Waals surface area contributed by atoms with Crippen molar-refractivity contribution in [3.63, 3.8) is 0 Å². The van der Waals surface area contributed by atoms with Gasteiger partial charge in [-0.3, -0.25) is 4.79 Å². The van der Waals surface area contributed by atoms with Gasteiger partial charge in [0.15, 0.2) is 0 Å². The van der Waals surface area contributed by atoms with Crippen LogP contribution in [0.15, 0.2) is 53.4 Å². The largest absolute Gasteiger partial charge is 0.325 e. The van der Waals surface area contributed by atoms with Crippen LogP contribution >= 0.6 is 11.8 Å². The summed E-state index contributed by atoms with van der Waals surface area (Å²) in [6.07, 6.45) is 0. The lowest BCUT2D eigenvalue weighted by molar-refractivity contribution is -0.115. The van der Waals surface area contributed by atoms with Gasteiger partial charge in [-0.15, -0.1) is 11.8 Å². The Morgan fingerprint density at radius 3 is 2.50 bits per heavy atom. The molecule has 104 valence electrons. The summed E-state index contributed by atoms with van der Waals surface area (Å²) in [5.74, 6) is 0.0297. The SMILES string of the molecule is Cc1ccc(C)c(S[C@H](C)C(=O)Nc2ccccc2)c1. The zero-order valence-electron chi connectivity index (χ0n) is 12.0. The molecule has 2 rings (SSSR count). The van der Waals surface area contributed by atoms with Crippen LogP contribution in [0.25, 0.3) is 0 Å². The van der Waals surface area contributed by atoms with Gasteiger partial charge in [0.2, 0.25) is 5.91 Å². The van der Waals surface area contributed by atoms with E-state index < -0.39 is 0 Å². The van der Waals surface area contributed by atoms with Crippen LogP contribution in [0.1, 0.15) is 18.1 Å². The highest BCUT2D eigenvalue weighted by Gasteiger charge is 2.15. The third-order valence-corrected chi connectivity index (χ3v) is 4.32. The fourth-order valence-corrected chi connectivity index (χ4v) is 2.90. The Morgan fingerprint density at radius 1 is 1.10 bits per heavy atom. The number of para-hydroxylation sites is 1. The number of hydrogen-bond donors (Lipinski definition) is 1. The minimum atomic E-state index is -0.129. The van der Waals surface area contributed by atoms with Gasteiger partial charge in [-0.1, -0.05) is 35.9 Å². The number of thioether (sulfide) groups is 1. The molecule has 1 atom stereocenters. The van der Waals surface area contributed by atoms with Gasteiger partial charge in [0.1, 0.15) is 0 Å². The van der Waals surface area contributed by atoms with E-state index in [9.17, 15) is 4.79 Å². The quantitative estimate of drug-likeness (QED) is 0.842. The van der Waals surface area contributed by atoms with Gasteiger partial charge in [-0.2, -0.15) is 0 Å². The maximum absolute atomic E-state index is 12.2. The van der Waals surface area contributed by atoms with Gasteiger partial charge in [0, 0.05) is 10.6 Å². The maximum Gasteiger partial charge on any atom is 0.237 e. The predicted molar refractivity (Wildman–Crippen MR) is 86.3 cm³/mol. The molecule has 0 radical (unpaired) electrons. The average molecular weight is 285 g/mol. The van der Waals surface area contributed by atoms with Crippen LogP contribution in [0.3, 0.4) is 0 Å². The third kappa shape index (κ3) is 3.87. The van der Waals surface area contributed by atoms with Crippen LogP contribution in [0.5, 0.6) is 0 Å². The summed E-state index contributed by atoms with van der Waals surface area (Å²) < 4.78 is 0. The molecule has 0 fully saturated rings. The first-order chi connectivity index (χ1) is 9.56. The number of rotatable bonds is 4. The van der Waals surface area contributed by atoms with E-state index in [0.29, 0.717) is 0 Å². The van der Waals surface area contributed by atoms with Crippen molar-refractivity contribution in [1.29, 1.82) is 0 Å². The van der Waals surface area contributed by atoms with E-state index >= 15 is 0 Å². The smallest absolute Gasteiger partial charge is 0.237 e. The molecule has 3 heteroatoms. The highest BCUT2D eigenvalue weighted by Crippen LogP contribution is 2.28. The summed E-state index contributed by atoms with van der Waals surface area (Å²) in [6, 6.07) is 15.9. The van der Waals surface area contributed by atoms with E-state index in [4.69, 9.17) is 0 Å². The fraction of sp³-hybridized carbons (Fsp3) is 0.235. The monoisotopic (exact) mass is 285 g/mol. The number of aryl methyl sites for hydroxylation is 2. The average Bonchev–Trinajstić information content (AvgIpc) is 2.44. The van der Waals surface area contributed by atoms with Crippen molar-refractivity contribution in [3.8, 4) is 0 Å². The Labute approximate surface area is 124 Å². The van der Waals surface area contributed by atoms with Crippen LogP contribution in [0, 0.1) is 13.8 Å². The first kappa shape index (κ1) is 14.7. The standard InChI is InChI=1S/C17H19NOS/c1-12-9-10-13(2)16(11-12)20-14(3)17(19)18-15-7-5-4-6-8-15/h4-11,14H,1-3H3,(H,18,19)/t14-/m1/s1. The Bertz CT molecular complexity index is 595. The van der Waals surface area contributed by atoms with Crippen molar-refractivity contribution in [2.45, 2.75) is 30.9 Å². The highest BCUT2D eigenvalue weighted by atomic mass is 32.2. The number of carbonyl (C=O) groups excluding carboxylic acids is 1. The van der Waals surface area contributed by atoms with Crippen molar-refractivity contribution < 1.29 is 4.79 Å². The minimum Gasteiger partial charge on any atom is -0.325 e. The number of carbonyl (C=O) groups is 1. The first-order valence-corrected chi connectivity index (χ1v) is 7.54. The van der Waals surface area contributed by atoms with Gasteiger partial charge in [0.05, 0.1) is 5.25 Å². The van der Waals surface area contributed by atoms with Crippen molar-refractivity contribution in [2.24, 2.45) is 0 Å². The number of benzene rings is 2. The molecule has 0 aliphatic rings. The zero-order chi connectivity index (χ0) is 14.5. The number of anilines is 1. The maximum atomic E-state index is 12.2. The molecule has 2 aromatic rings. The van der Waals surface area contributed by atoms with E-state index in [-0.39, 0.29) is 11.2 Å². The van der Waals surface area contributed by atoms with Crippen molar-refractivity contribution >= 4 is 23.4 Å². The molecule has 0 heterocycles. The van der Waals surface area contributed by atoms with Crippen LogP contribution in [0.2, 0.25) is 0 Å². The zero-order valence-corrected chi connectivity index (χ0v) is 12.8. The molecule has 0 bridgehead atoms. The summed E-state index contributed by atoms with van der Waals surface area (Å²) in [7, 11) is 0. The summed E-state index contributed by atoms with van der Waals surface area (Å²) in [5.41, 5.74) is 3.26. The lowest BCUT2D eigenvalue weighted by Crippen LogP contribution is -2.22. The van der Waals surface area contributed by atoms with Gasteiger partial charge in [-0.05, 0) is 44.5 Å². The fourth-order valence-electron chi connectivity index (χ4n) is 1.84. The topological polar surface area (TPSA) is 29.1 Å². The lowest BCUT2D eigenvalue weighted by Gasteiger charge is -2.14. The molecule has 2 aromatic carbocycles. The Balaban J connectivity index is 2.02. The van der Waals surface area contributed by atoms with E-state index in [1.54, 1.807) is 11.8 Å². The van der Waals surface area contributed by atoms with Gasteiger partial charge < -0.3 is 5.32 Å². The molecular formula is C17H19NOS. The van der Waals surface area contributed by atoms with Gasteiger partial charge >= 0.3 is 0 Å². The summed E-state index contributed by atoms with van der Waals surface area (Å²) in [4.78, 5) is 13.3. The Kier molecular flexibility index (Phi) is 4.85. The van der Waals surface area contributed by atoms with Crippen LogP contribution in [0.4, 0.5) is 5.69 Å². The molecule has 2 nitrogen and oxygen atoms in total. The minimum absolute atomic E-state index is 0.0297. The second-order valence-electron chi connectivity index (χ2n) is 4.88. The molecule has 0 unspecified atom stereocenters. The van der Waals surface area contributed by atoms with Crippen LogP contribution in [-0.4, -0.2) is 11.2 Å². The molecule has 0 saturated carbocycles. The molecule has 0 aliphatic heterocycles. The molecule has 0 saturated heterocycles. The number of amides is 1. The molecule has 0 aliphatic carbocycles. The third-order valence-electron chi connectivity index (χ3n) is 3.06. The van der Waals surface area contributed by atoms with E-state index in [0.717, 1.165) is 5.69 Å². The Morgan fingerprint density at radius 2 is 1.80 bits per heavy atom. The van der Waals surface area contributed by atoms with E-state index in [1.807, 2.05) is 37.3 Å². The second-order valence-corrected chi connectivity index (χ2v) is 6.27. The normalized spacial score (nSPS) is 11.9. The van der Waals surface area contributed by atoms with Crippen LogP contribution in [-0.2, 0) is 4.79 Å². The van der Waals surface area contributed by atoms with E-state index in [1.165, 1.54) is 16.0 Å². The lowest BCUT2D eigenvalue weighted by atomic mass is 10.2. The summed E-state index contributed by atoms with van der Waals surface area (Å²) >= 11 is 1.60. The molecular weight excluding hydrogens is 266 g/mol. The van der Waals surface area contributed by atoms with Crippen molar-refractivity contribution in [3.05, 3.63) is 59.7 Å². The van der Waals surface area contributed by atoms with Crippen molar-refractivity contribution in [1.82, 2.24) is 0 Å². The Hall–Kier alpha value is -1.74. The van der Waals surface area contributed by atoms with Gasteiger partial charge in [0.25, 0.3) is 0 Å². The predicted octanol–water partition coefficient (Wildman–Crippen LogP) is 4.42. The molecule has 20 heavy (non-hydrogen) atoms. The van der Waals surface area contributed by atoms with E-state index in [2.05, 4.69) is 37.4 Å². The molecule has 0 spiro atoms. The van der Waals surface area contributed by atoms with Crippen molar-refractivity contribution in [2.75, 3.05) is 5.32 Å². The summed E-state index contributed by atoms with van der Waals surface area (Å²) in [6.45, 7) is 6.08. The first-order valence-electron chi connectivity index (χ1n) is 6.66. The molecule has 1 N–H and O–H groups in total. The number of nitrogens with one attached hydrogen (secondary N) is 1. The van der Waals surface area contributed by atoms with Gasteiger partial charge in [-0.25, -0.2) is 0 Å². The molecule has 0 aromatic heterocycles. The van der Waals surface area contributed by atoms with Crippen LogP contribution < -0.4 is 5.32 Å². The second kappa shape index (κ2) is 6.62. The summed E-state index contributed by atoms with van der Waals surface area (Å²) in [5, 5.41) is 2.81.